The largest absolute Gasteiger partial charge is 0.471 e. The van der Waals surface area contributed by atoms with Crippen molar-refractivity contribution in [2.24, 2.45) is 0 Å². The highest BCUT2D eigenvalue weighted by Crippen LogP contribution is 2.36. The van der Waals surface area contributed by atoms with Crippen LogP contribution < -0.4 is 10.1 Å². The summed E-state index contributed by atoms with van der Waals surface area (Å²) in [6.07, 6.45) is 5.07. The summed E-state index contributed by atoms with van der Waals surface area (Å²) >= 11 is 5.92. The van der Waals surface area contributed by atoms with Crippen LogP contribution in [-0.2, 0) is 35.6 Å². The maximum Gasteiger partial charge on any atom is 0.338 e. The minimum atomic E-state index is -0.574. The number of nitrogens with zero attached hydrogens (tertiary/aromatic N) is 4. The van der Waals surface area contributed by atoms with E-state index in [0.717, 1.165) is 84.9 Å². The summed E-state index contributed by atoms with van der Waals surface area (Å²) in [5.41, 5.74) is 6.22. The summed E-state index contributed by atoms with van der Waals surface area (Å²) in [5, 5.41) is 3.73. The molecule has 2 aromatic heterocycles. The summed E-state index contributed by atoms with van der Waals surface area (Å²) < 4.78 is 34.1. The van der Waals surface area contributed by atoms with E-state index in [2.05, 4.69) is 26.9 Å². The second kappa shape index (κ2) is 12.9. The van der Waals surface area contributed by atoms with Gasteiger partial charge in [-0.2, -0.15) is 0 Å². The molecule has 4 aromatic rings. The average Bonchev–Trinajstić information content (AvgIpc) is 3.62. The monoisotopic (exact) mass is 659 g/mol. The van der Waals surface area contributed by atoms with E-state index in [1.165, 1.54) is 6.07 Å². The maximum absolute atomic E-state index is 14.4. The van der Waals surface area contributed by atoms with Crippen molar-refractivity contribution in [1.29, 1.82) is 0 Å². The van der Waals surface area contributed by atoms with E-state index in [-0.39, 0.29) is 18.7 Å². The third-order valence-corrected chi connectivity index (χ3v) is 9.01. The molecule has 0 amide bonds. The van der Waals surface area contributed by atoms with Gasteiger partial charge in [0.2, 0.25) is 5.88 Å². The molecule has 7 rings (SSSR count). The topological polar surface area (TPSA) is 90.7 Å². The molecule has 3 aliphatic heterocycles. The van der Waals surface area contributed by atoms with Crippen molar-refractivity contribution in [2.45, 2.75) is 71.4 Å². The van der Waals surface area contributed by atoms with E-state index in [4.69, 9.17) is 35.8 Å². The second-order valence-corrected chi connectivity index (χ2v) is 13.8. The summed E-state index contributed by atoms with van der Waals surface area (Å²) in [6.45, 7) is 10.2. The van der Waals surface area contributed by atoms with E-state index in [0.29, 0.717) is 35.1 Å². The number of hydrogen-bond acceptors (Lipinski definition) is 8. The van der Waals surface area contributed by atoms with Crippen LogP contribution in [-0.4, -0.2) is 63.4 Å². The second-order valence-electron chi connectivity index (χ2n) is 13.4. The number of benzene rings is 2. The van der Waals surface area contributed by atoms with Gasteiger partial charge in [0.25, 0.3) is 0 Å². The van der Waals surface area contributed by atoms with Crippen molar-refractivity contribution in [3.63, 3.8) is 0 Å². The molecule has 5 heterocycles. The van der Waals surface area contributed by atoms with Crippen molar-refractivity contribution < 1.29 is 23.4 Å². The van der Waals surface area contributed by atoms with Crippen LogP contribution in [0.3, 0.4) is 0 Å². The third-order valence-electron chi connectivity index (χ3n) is 8.77. The molecule has 2 aromatic carbocycles. The molecule has 11 heteroatoms. The number of carbonyl (C=O) groups is 1. The van der Waals surface area contributed by atoms with E-state index in [1.54, 1.807) is 18.2 Å². The van der Waals surface area contributed by atoms with Crippen molar-refractivity contribution in [2.75, 3.05) is 31.6 Å². The van der Waals surface area contributed by atoms with E-state index in [1.807, 2.05) is 32.9 Å². The van der Waals surface area contributed by atoms with Gasteiger partial charge >= 0.3 is 5.97 Å². The molecule has 9 nitrogen and oxygen atoms in total. The minimum absolute atomic E-state index is 0.0621. The smallest absolute Gasteiger partial charge is 0.338 e. The number of aromatic nitrogens is 3. The standard InChI is InChI=1S/C36H39ClFN5O4/c1-36(2,3)47-35(44)24-5-7-29-31(17-24)43(19-27-11-15-45-27)32(40-29)20-42-13-9-22(10-14-42)30-16-23-8-12-39-33(23)34(41-30)46-21-25-4-6-26(37)18-28(25)38/h4-7,9,16-18,27,39H,8,10-15,19-21H2,1-3H3/t27-/m0/s1. The van der Waals surface area contributed by atoms with E-state index >= 15 is 0 Å². The number of ether oxygens (including phenoxy) is 3. The number of halogens is 2. The van der Waals surface area contributed by atoms with Gasteiger partial charge in [0.1, 0.15) is 29.5 Å². The zero-order valence-electron chi connectivity index (χ0n) is 26.9. The van der Waals surface area contributed by atoms with E-state index in [9.17, 15) is 9.18 Å². The lowest BCUT2D eigenvalue weighted by atomic mass is 10.0. The molecule has 0 bridgehead atoms. The number of anilines is 1. The summed E-state index contributed by atoms with van der Waals surface area (Å²) in [4.78, 5) is 25.1. The third kappa shape index (κ3) is 7.00. The Kier molecular flexibility index (Phi) is 8.67. The molecule has 246 valence electrons. The molecular weight excluding hydrogens is 621 g/mol. The highest BCUT2D eigenvalue weighted by Gasteiger charge is 2.26. The number of nitrogens with one attached hydrogen (secondary N) is 1. The molecule has 1 atom stereocenters. The Labute approximate surface area is 278 Å². The van der Waals surface area contributed by atoms with Crippen molar-refractivity contribution in [3.8, 4) is 5.88 Å². The molecule has 0 radical (unpaired) electrons. The number of fused-ring (bicyclic) bond motifs is 2. The lowest BCUT2D eigenvalue weighted by Crippen LogP contribution is -2.33. The predicted molar refractivity (Wildman–Crippen MR) is 179 cm³/mol. The van der Waals surface area contributed by atoms with Gasteiger partial charge in [-0.3, -0.25) is 4.90 Å². The first-order valence-electron chi connectivity index (χ1n) is 16.2. The zero-order valence-corrected chi connectivity index (χ0v) is 27.7. The fraction of sp³-hybridized carbons (Fsp3) is 0.417. The number of imidazole rings is 1. The maximum atomic E-state index is 14.4. The fourth-order valence-electron chi connectivity index (χ4n) is 6.22. The lowest BCUT2D eigenvalue weighted by Gasteiger charge is -2.29. The Balaban J connectivity index is 1.09. The van der Waals surface area contributed by atoms with Gasteiger partial charge in [0, 0.05) is 36.8 Å². The van der Waals surface area contributed by atoms with Crippen molar-refractivity contribution in [1.82, 2.24) is 19.4 Å². The van der Waals surface area contributed by atoms with Crippen LogP contribution in [0.4, 0.5) is 10.1 Å². The van der Waals surface area contributed by atoms with Crippen LogP contribution in [0.1, 0.15) is 66.6 Å². The number of carbonyl (C=O) groups excluding carboxylic acids is 1. The van der Waals surface area contributed by atoms with Gasteiger partial charge in [-0.25, -0.2) is 19.2 Å². The Morgan fingerprint density at radius 1 is 1.15 bits per heavy atom. The first-order valence-corrected chi connectivity index (χ1v) is 16.6. The number of rotatable bonds is 9. The predicted octanol–water partition coefficient (Wildman–Crippen LogP) is 6.80. The molecule has 1 saturated heterocycles. The van der Waals surface area contributed by atoms with Crippen LogP contribution in [0, 0.1) is 5.82 Å². The first kappa shape index (κ1) is 31.6. The SMILES string of the molecule is CC(C)(C)OC(=O)c1ccc2nc(CN3CC=C(c4cc5c(c(OCc6ccc(Cl)cc6F)n4)NCC5)CC3)n(C[C@@H]3CCO3)c2c1. The summed E-state index contributed by atoms with van der Waals surface area (Å²) in [5.74, 6) is 0.695. The van der Waals surface area contributed by atoms with Crippen LogP contribution >= 0.6 is 11.6 Å². The normalized spacial score (nSPS) is 18.0. The van der Waals surface area contributed by atoms with Crippen molar-refractivity contribution in [3.05, 3.63) is 87.6 Å². The van der Waals surface area contributed by atoms with Gasteiger partial charge in [-0.1, -0.05) is 23.7 Å². The summed E-state index contributed by atoms with van der Waals surface area (Å²) in [7, 11) is 0. The molecule has 0 spiro atoms. The molecule has 47 heavy (non-hydrogen) atoms. The van der Waals surface area contributed by atoms with Crippen LogP contribution in [0.25, 0.3) is 16.6 Å². The first-order chi connectivity index (χ1) is 22.6. The van der Waals surface area contributed by atoms with Gasteiger partial charge in [-0.15, -0.1) is 0 Å². The Morgan fingerprint density at radius 2 is 2.00 bits per heavy atom. The molecule has 0 saturated carbocycles. The highest BCUT2D eigenvalue weighted by molar-refractivity contribution is 6.30. The fourth-order valence-corrected chi connectivity index (χ4v) is 6.37. The highest BCUT2D eigenvalue weighted by atomic mass is 35.5. The number of pyridine rings is 1. The van der Waals surface area contributed by atoms with Gasteiger partial charge in [0.15, 0.2) is 0 Å². The van der Waals surface area contributed by atoms with Crippen LogP contribution in [0.5, 0.6) is 5.88 Å². The van der Waals surface area contributed by atoms with Crippen LogP contribution in [0.2, 0.25) is 5.02 Å². The Morgan fingerprint density at radius 3 is 2.72 bits per heavy atom. The molecular formula is C36H39ClFN5O4. The average molecular weight is 660 g/mol. The van der Waals surface area contributed by atoms with Crippen LogP contribution in [0.15, 0.2) is 48.5 Å². The van der Waals surface area contributed by atoms with Gasteiger partial charge in [-0.05, 0) is 87.6 Å². The summed E-state index contributed by atoms with van der Waals surface area (Å²) in [6, 6.07) is 12.3. The molecule has 1 fully saturated rings. The number of esters is 1. The minimum Gasteiger partial charge on any atom is -0.471 e. The Bertz CT molecular complexity index is 1860. The molecule has 0 unspecified atom stereocenters. The van der Waals surface area contributed by atoms with Gasteiger partial charge < -0.3 is 24.1 Å². The van der Waals surface area contributed by atoms with Gasteiger partial charge in [0.05, 0.1) is 41.5 Å². The zero-order chi connectivity index (χ0) is 32.7. The lowest BCUT2D eigenvalue weighted by molar-refractivity contribution is -0.0591. The van der Waals surface area contributed by atoms with Crippen molar-refractivity contribution >= 4 is 39.9 Å². The van der Waals surface area contributed by atoms with E-state index < -0.39 is 11.4 Å². The Hall–Kier alpha value is -3.99. The number of hydrogen-bond donors (Lipinski definition) is 1. The molecule has 3 aliphatic rings. The molecule has 0 aliphatic carbocycles. The quantitative estimate of drug-likeness (QED) is 0.196. The molecule has 1 N–H and O–H groups in total.